The lowest BCUT2D eigenvalue weighted by atomic mass is 9.97. The number of rotatable bonds is 8. The lowest BCUT2D eigenvalue weighted by molar-refractivity contribution is 0.956. The van der Waals surface area contributed by atoms with Crippen LogP contribution in [0.3, 0.4) is 0 Å². The number of hydrogen-bond acceptors (Lipinski definition) is 0. The van der Waals surface area contributed by atoms with E-state index in [9.17, 15) is 0 Å². The molecule has 12 aromatic rings. The molecule has 4 aromatic heterocycles. The van der Waals surface area contributed by atoms with Gasteiger partial charge < -0.3 is 18.3 Å². The Kier molecular flexibility index (Phi) is 9.40. The normalized spacial score (nSPS) is 12.9. The minimum absolute atomic E-state index is 1.00. The van der Waals surface area contributed by atoms with Crippen LogP contribution >= 0.6 is 0 Å². The van der Waals surface area contributed by atoms with Gasteiger partial charge in [-0.3, -0.25) is 0 Å². The summed E-state index contributed by atoms with van der Waals surface area (Å²) >= 11 is 0. The Morgan fingerprint density at radius 2 is 0.676 bits per heavy atom. The Bertz CT molecular complexity index is 3930. The van der Waals surface area contributed by atoms with Crippen molar-refractivity contribution in [1.29, 1.82) is 0 Å². The van der Waals surface area contributed by atoms with Gasteiger partial charge in [-0.15, -0.1) is 0 Å². The Balaban J connectivity index is 0.978. The van der Waals surface area contributed by atoms with Crippen LogP contribution in [0.5, 0.6) is 0 Å². The maximum absolute atomic E-state index is 2.49. The summed E-state index contributed by atoms with van der Waals surface area (Å²) in [6.45, 7) is 4.40. The van der Waals surface area contributed by atoms with E-state index in [0.29, 0.717) is 0 Å². The Morgan fingerprint density at radius 3 is 1.13 bits per heavy atom. The Morgan fingerprint density at radius 1 is 0.294 bits per heavy atom. The molecule has 0 bridgehead atoms. The first-order valence-corrected chi connectivity index (χ1v) is 23.7. The summed E-state index contributed by atoms with van der Waals surface area (Å²) in [6.07, 6.45) is 6.70. The number of hydrogen-bond donors (Lipinski definition) is 0. The van der Waals surface area contributed by atoms with E-state index in [0.717, 1.165) is 41.3 Å². The van der Waals surface area contributed by atoms with Crippen molar-refractivity contribution in [3.8, 4) is 56.5 Å². The Hall–Kier alpha value is -8.60. The predicted octanol–water partition coefficient (Wildman–Crippen LogP) is 16.9. The molecule has 0 saturated carbocycles. The molecule has 0 saturated heterocycles. The molecule has 4 heteroatoms. The highest BCUT2D eigenvalue weighted by atomic mass is 15.0. The number of para-hydroxylation sites is 2. The molecule has 0 fully saturated rings. The van der Waals surface area contributed by atoms with E-state index < -0.39 is 0 Å². The van der Waals surface area contributed by atoms with E-state index in [1.807, 2.05) is 0 Å². The van der Waals surface area contributed by atoms with Gasteiger partial charge in [-0.05, 0) is 146 Å². The van der Waals surface area contributed by atoms with E-state index in [1.54, 1.807) is 0 Å². The van der Waals surface area contributed by atoms with Crippen LogP contribution in [0.25, 0.3) is 106 Å². The van der Waals surface area contributed by atoms with Crippen LogP contribution in [0.1, 0.15) is 31.0 Å². The molecule has 1 aliphatic carbocycles. The molecule has 4 heterocycles. The van der Waals surface area contributed by atoms with Crippen LogP contribution in [0.2, 0.25) is 0 Å². The van der Waals surface area contributed by atoms with Gasteiger partial charge in [0.2, 0.25) is 0 Å². The lowest BCUT2D eigenvalue weighted by Gasteiger charge is -2.17. The molecule has 0 atom stereocenters. The first kappa shape index (κ1) is 39.7. The van der Waals surface area contributed by atoms with Gasteiger partial charge in [-0.25, -0.2) is 0 Å². The third-order valence-corrected chi connectivity index (χ3v) is 14.1. The average Bonchev–Trinajstić information content (AvgIpc) is 4.17. The predicted molar refractivity (Wildman–Crippen MR) is 286 cm³/mol. The molecule has 4 nitrogen and oxygen atoms in total. The zero-order valence-electron chi connectivity index (χ0n) is 38.1. The zero-order valence-corrected chi connectivity index (χ0v) is 38.1. The van der Waals surface area contributed by atoms with Crippen molar-refractivity contribution >= 4 is 49.2 Å². The first-order valence-electron chi connectivity index (χ1n) is 23.7. The van der Waals surface area contributed by atoms with Crippen molar-refractivity contribution in [3.63, 3.8) is 0 Å². The molecule has 0 unspecified atom stereocenters. The maximum atomic E-state index is 2.49. The van der Waals surface area contributed by atoms with Crippen LogP contribution in [0.4, 0.5) is 0 Å². The SMILES string of the molecule is CC1=CC=C(c2cc3cc4c(cc(-c5ccc(C)cc5)n4-c4ccc(-n5c(-c6ccccc6)cc6ccccc65)cc4)cc3n2-c2ccc(-n3c(-c4ccccc4)cc4ccccc43)cc2)CC1. The average molecular weight is 873 g/mol. The van der Waals surface area contributed by atoms with Crippen LogP contribution in [-0.4, -0.2) is 18.3 Å². The second-order valence-electron chi connectivity index (χ2n) is 18.4. The monoisotopic (exact) mass is 872 g/mol. The van der Waals surface area contributed by atoms with Crippen molar-refractivity contribution in [2.24, 2.45) is 0 Å². The van der Waals surface area contributed by atoms with Crippen molar-refractivity contribution in [2.45, 2.75) is 26.7 Å². The first-order chi connectivity index (χ1) is 33.5. The van der Waals surface area contributed by atoms with Crippen molar-refractivity contribution in [3.05, 3.63) is 247 Å². The van der Waals surface area contributed by atoms with Gasteiger partial charge in [-0.2, -0.15) is 0 Å². The highest BCUT2D eigenvalue weighted by Gasteiger charge is 2.21. The highest BCUT2D eigenvalue weighted by Crippen LogP contribution is 2.41. The van der Waals surface area contributed by atoms with Crippen molar-refractivity contribution in [2.75, 3.05) is 0 Å². The topological polar surface area (TPSA) is 19.7 Å². The maximum Gasteiger partial charge on any atom is 0.0542 e. The number of fused-ring (bicyclic) bond motifs is 4. The van der Waals surface area contributed by atoms with Gasteiger partial charge in [0.15, 0.2) is 0 Å². The molecular weight excluding hydrogens is 825 g/mol. The zero-order chi connectivity index (χ0) is 45.3. The fourth-order valence-electron chi connectivity index (χ4n) is 10.6. The van der Waals surface area contributed by atoms with Gasteiger partial charge in [-0.1, -0.05) is 145 Å². The van der Waals surface area contributed by atoms with Crippen LogP contribution < -0.4 is 0 Å². The van der Waals surface area contributed by atoms with Gasteiger partial charge in [0.1, 0.15) is 0 Å². The quantitative estimate of drug-likeness (QED) is 0.145. The summed E-state index contributed by atoms with van der Waals surface area (Å²) in [5.41, 5.74) is 21.6. The van der Waals surface area contributed by atoms with E-state index in [4.69, 9.17) is 0 Å². The van der Waals surface area contributed by atoms with E-state index in [2.05, 4.69) is 263 Å². The van der Waals surface area contributed by atoms with Crippen molar-refractivity contribution < 1.29 is 0 Å². The number of allylic oxidation sites excluding steroid dienone is 4. The molecule has 0 aliphatic heterocycles. The minimum Gasteiger partial charge on any atom is -0.310 e. The summed E-state index contributed by atoms with van der Waals surface area (Å²) < 4.78 is 9.74. The molecule has 324 valence electrons. The molecule has 13 rings (SSSR count). The molecular formula is C64H48N4. The standard InChI is InChI=1S/C64H48N4/c1-43-21-25-47(26-22-43)61-39-51-41-64-52(42-63(51)67(61)55-33-29-53(30-34-55)65-57-19-11-9-17-49(57)37-59(65)45-13-5-3-6-14-45)40-62(48-27-23-44(2)24-28-48)68(64)56-35-31-54(32-36-56)66-58-20-12-10-18-50(58)38-60(66)46-15-7-4-8-16-46/h3-23,25-27,29-42H,24,28H2,1-2H3. The third-order valence-electron chi connectivity index (χ3n) is 14.1. The van der Waals surface area contributed by atoms with E-state index in [1.165, 1.54) is 94.1 Å². The molecule has 8 aromatic carbocycles. The number of benzene rings is 8. The minimum atomic E-state index is 1.00. The highest BCUT2D eigenvalue weighted by molar-refractivity contribution is 6.02. The summed E-state index contributed by atoms with van der Waals surface area (Å²) in [6, 6.07) is 80.3. The summed E-state index contributed by atoms with van der Waals surface area (Å²) in [7, 11) is 0. The second-order valence-corrected chi connectivity index (χ2v) is 18.4. The van der Waals surface area contributed by atoms with Crippen LogP contribution in [0, 0.1) is 6.92 Å². The van der Waals surface area contributed by atoms with Crippen LogP contribution in [0.15, 0.2) is 236 Å². The van der Waals surface area contributed by atoms with Gasteiger partial charge in [0.05, 0.1) is 44.8 Å². The fraction of sp³-hybridized carbons (Fsp3) is 0.0625. The van der Waals surface area contributed by atoms with Gasteiger partial charge in [0, 0.05) is 44.3 Å². The lowest BCUT2D eigenvalue weighted by Crippen LogP contribution is -2.03. The summed E-state index contributed by atoms with van der Waals surface area (Å²) in [5.74, 6) is 0. The Labute approximate surface area is 396 Å². The number of nitrogens with zero attached hydrogens (tertiary/aromatic N) is 4. The summed E-state index contributed by atoms with van der Waals surface area (Å²) in [5, 5.41) is 4.86. The molecule has 0 amide bonds. The summed E-state index contributed by atoms with van der Waals surface area (Å²) in [4.78, 5) is 0. The smallest absolute Gasteiger partial charge is 0.0542 e. The fourth-order valence-corrected chi connectivity index (χ4v) is 10.6. The largest absolute Gasteiger partial charge is 0.310 e. The third kappa shape index (κ3) is 6.67. The molecule has 0 N–H and O–H groups in total. The van der Waals surface area contributed by atoms with E-state index >= 15 is 0 Å². The molecule has 1 aliphatic rings. The van der Waals surface area contributed by atoms with Gasteiger partial charge in [0.25, 0.3) is 0 Å². The molecule has 68 heavy (non-hydrogen) atoms. The van der Waals surface area contributed by atoms with Gasteiger partial charge >= 0.3 is 0 Å². The molecule has 0 spiro atoms. The number of aryl methyl sites for hydroxylation is 1. The second kappa shape index (κ2) is 16.1. The van der Waals surface area contributed by atoms with Crippen molar-refractivity contribution in [1.82, 2.24) is 18.3 Å². The molecule has 0 radical (unpaired) electrons. The van der Waals surface area contributed by atoms with E-state index in [-0.39, 0.29) is 0 Å². The van der Waals surface area contributed by atoms with Crippen LogP contribution in [-0.2, 0) is 0 Å². The number of aromatic nitrogens is 4.